The van der Waals surface area contributed by atoms with Crippen LogP contribution in [0, 0.1) is 0 Å². The minimum atomic E-state index is -0.472. The standard InChI is InChI=1S/C29H59FO11/c1-2-3-4-5-6-8-31-10-12-33-14-16-35-18-20-37-22-24-39-26-28-41-29-27-40-25-23-38-21-19-36-17-15-34-13-11-32-9-7-30/h2-29H2,1H3. The summed E-state index contributed by atoms with van der Waals surface area (Å²) >= 11 is 0. The molecule has 12 heteroatoms. The average Bonchev–Trinajstić information content (AvgIpc) is 2.98. The molecule has 41 heavy (non-hydrogen) atoms. The van der Waals surface area contributed by atoms with Crippen molar-refractivity contribution in [1.29, 1.82) is 0 Å². The predicted molar refractivity (Wildman–Crippen MR) is 154 cm³/mol. The fourth-order valence-electron chi connectivity index (χ4n) is 3.16. The van der Waals surface area contributed by atoms with Crippen molar-refractivity contribution in [1.82, 2.24) is 0 Å². The fraction of sp³-hybridized carbons (Fsp3) is 1.00. The van der Waals surface area contributed by atoms with Crippen molar-refractivity contribution in [2.24, 2.45) is 0 Å². The molecule has 0 aliphatic rings. The van der Waals surface area contributed by atoms with E-state index in [0.717, 1.165) is 13.0 Å². The van der Waals surface area contributed by atoms with Crippen LogP contribution in [0.25, 0.3) is 0 Å². The van der Waals surface area contributed by atoms with E-state index in [1.54, 1.807) is 0 Å². The first-order chi connectivity index (χ1) is 20.4. The summed E-state index contributed by atoms with van der Waals surface area (Å²) in [6.45, 7) is 13.0. The van der Waals surface area contributed by atoms with Crippen LogP contribution in [-0.4, -0.2) is 152 Å². The number of rotatable bonds is 38. The van der Waals surface area contributed by atoms with Crippen molar-refractivity contribution in [3.8, 4) is 0 Å². The fourth-order valence-corrected chi connectivity index (χ4v) is 3.16. The van der Waals surface area contributed by atoms with Gasteiger partial charge in [0.2, 0.25) is 0 Å². The lowest BCUT2D eigenvalue weighted by Crippen LogP contribution is -2.15. The van der Waals surface area contributed by atoms with Crippen LogP contribution in [0.1, 0.15) is 39.0 Å². The van der Waals surface area contributed by atoms with Crippen molar-refractivity contribution < 1.29 is 56.5 Å². The third kappa shape index (κ3) is 39.5. The number of ether oxygens (including phenoxy) is 11. The summed E-state index contributed by atoms with van der Waals surface area (Å²) in [6.07, 6.45) is 6.27. The summed E-state index contributed by atoms with van der Waals surface area (Å²) in [6, 6.07) is 0. The van der Waals surface area contributed by atoms with Gasteiger partial charge in [0.25, 0.3) is 0 Å². The number of alkyl halides is 1. The van der Waals surface area contributed by atoms with Gasteiger partial charge >= 0.3 is 0 Å². The minimum absolute atomic E-state index is 0.116. The third-order valence-electron chi connectivity index (χ3n) is 5.33. The van der Waals surface area contributed by atoms with Gasteiger partial charge in [0.05, 0.1) is 139 Å². The molecule has 0 aliphatic carbocycles. The lowest BCUT2D eigenvalue weighted by molar-refractivity contribution is -0.0276. The first-order valence-electron chi connectivity index (χ1n) is 15.3. The van der Waals surface area contributed by atoms with Gasteiger partial charge in [-0.25, -0.2) is 4.39 Å². The Morgan fingerprint density at radius 1 is 0.268 bits per heavy atom. The molecule has 0 saturated heterocycles. The van der Waals surface area contributed by atoms with Crippen molar-refractivity contribution in [3.05, 3.63) is 0 Å². The van der Waals surface area contributed by atoms with Gasteiger partial charge in [0.1, 0.15) is 6.67 Å². The van der Waals surface area contributed by atoms with Gasteiger partial charge in [0, 0.05) is 6.61 Å². The molecule has 0 N–H and O–H groups in total. The maximum absolute atomic E-state index is 11.8. The third-order valence-corrected chi connectivity index (χ3v) is 5.33. The Labute approximate surface area is 247 Å². The molecule has 0 aliphatic heterocycles. The molecule has 0 aromatic heterocycles. The summed E-state index contributed by atoms with van der Waals surface area (Å²) in [5.41, 5.74) is 0. The Bertz CT molecular complexity index is 415. The highest BCUT2D eigenvalue weighted by molar-refractivity contribution is 4.42. The molecular formula is C29H59FO11. The quantitative estimate of drug-likeness (QED) is 0.0975. The molecule has 0 bridgehead atoms. The van der Waals surface area contributed by atoms with Gasteiger partial charge < -0.3 is 52.1 Å². The molecule has 0 aromatic rings. The van der Waals surface area contributed by atoms with E-state index in [4.69, 9.17) is 52.1 Å². The molecule has 11 nitrogen and oxygen atoms in total. The Kier molecular flexibility index (Phi) is 39.0. The van der Waals surface area contributed by atoms with E-state index in [0.29, 0.717) is 132 Å². The maximum Gasteiger partial charge on any atom is 0.113 e. The van der Waals surface area contributed by atoms with E-state index >= 15 is 0 Å². The average molecular weight is 603 g/mol. The molecule has 0 fully saturated rings. The van der Waals surface area contributed by atoms with Crippen LogP contribution in [0.15, 0.2) is 0 Å². The SMILES string of the molecule is CCCCCCCOCCOCCOCCOCCOCCOCCOCCOCCOCCOCCOCCF. The van der Waals surface area contributed by atoms with Crippen LogP contribution < -0.4 is 0 Å². The Balaban J connectivity index is 3.02. The smallest absolute Gasteiger partial charge is 0.113 e. The lowest BCUT2D eigenvalue weighted by Gasteiger charge is -2.09. The number of unbranched alkanes of at least 4 members (excludes halogenated alkanes) is 4. The van der Waals surface area contributed by atoms with Crippen LogP contribution in [0.3, 0.4) is 0 Å². The molecule has 0 saturated carbocycles. The van der Waals surface area contributed by atoms with Crippen molar-refractivity contribution in [2.75, 3.05) is 152 Å². The Hall–Kier alpha value is -0.510. The highest BCUT2D eigenvalue weighted by atomic mass is 19.1. The predicted octanol–water partition coefficient (Wildman–Crippen LogP) is 3.11. The molecule has 0 rings (SSSR count). The van der Waals surface area contributed by atoms with Gasteiger partial charge in [-0.15, -0.1) is 0 Å². The first kappa shape index (κ1) is 40.5. The molecule has 0 unspecified atom stereocenters. The molecule has 0 spiro atoms. The highest BCUT2D eigenvalue weighted by Crippen LogP contribution is 2.02. The summed E-state index contributed by atoms with van der Waals surface area (Å²) < 4.78 is 71.2. The Morgan fingerprint density at radius 2 is 0.488 bits per heavy atom. The molecular weight excluding hydrogens is 543 g/mol. The molecule has 0 aromatic carbocycles. The van der Waals surface area contributed by atoms with E-state index in [-0.39, 0.29) is 6.61 Å². The van der Waals surface area contributed by atoms with Crippen molar-refractivity contribution in [2.45, 2.75) is 39.0 Å². The van der Waals surface area contributed by atoms with Crippen LogP contribution in [-0.2, 0) is 52.1 Å². The number of hydrogen-bond donors (Lipinski definition) is 0. The van der Waals surface area contributed by atoms with E-state index in [1.165, 1.54) is 25.7 Å². The van der Waals surface area contributed by atoms with E-state index in [1.807, 2.05) is 0 Å². The number of halogens is 1. The second kappa shape index (κ2) is 39.5. The van der Waals surface area contributed by atoms with Crippen LogP contribution in [0.4, 0.5) is 4.39 Å². The number of hydrogen-bond acceptors (Lipinski definition) is 11. The van der Waals surface area contributed by atoms with Gasteiger partial charge in [-0.1, -0.05) is 32.6 Å². The lowest BCUT2D eigenvalue weighted by atomic mass is 10.2. The highest BCUT2D eigenvalue weighted by Gasteiger charge is 1.96. The molecule has 0 radical (unpaired) electrons. The zero-order chi connectivity index (χ0) is 29.6. The van der Waals surface area contributed by atoms with E-state index in [9.17, 15) is 4.39 Å². The zero-order valence-corrected chi connectivity index (χ0v) is 25.7. The molecule has 0 heterocycles. The summed E-state index contributed by atoms with van der Waals surface area (Å²) in [5, 5.41) is 0. The zero-order valence-electron chi connectivity index (χ0n) is 25.7. The normalized spacial score (nSPS) is 11.6. The first-order valence-corrected chi connectivity index (χ1v) is 15.3. The van der Waals surface area contributed by atoms with Gasteiger partial charge in [-0.3, -0.25) is 0 Å². The van der Waals surface area contributed by atoms with Crippen LogP contribution >= 0.6 is 0 Å². The Morgan fingerprint density at radius 3 is 0.732 bits per heavy atom. The van der Waals surface area contributed by atoms with Gasteiger partial charge in [-0.05, 0) is 6.42 Å². The minimum Gasteiger partial charge on any atom is -0.379 e. The molecule has 0 amide bonds. The van der Waals surface area contributed by atoms with Gasteiger partial charge in [-0.2, -0.15) is 0 Å². The monoisotopic (exact) mass is 602 g/mol. The van der Waals surface area contributed by atoms with Crippen LogP contribution in [0.2, 0.25) is 0 Å². The van der Waals surface area contributed by atoms with Crippen molar-refractivity contribution in [3.63, 3.8) is 0 Å². The largest absolute Gasteiger partial charge is 0.379 e. The van der Waals surface area contributed by atoms with Crippen molar-refractivity contribution >= 4 is 0 Å². The summed E-state index contributed by atoms with van der Waals surface area (Å²) in [5.74, 6) is 0. The topological polar surface area (TPSA) is 102 Å². The summed E-state index contributed by atoms with van der Waals surface area (Å²) in [4.78, 5) is 0. The second-order valence-corrected chi connectivity index (χ2v) is 8.84. The molecule has 0 atom stereocenters. The summed E-state index contributed by atoms with van der Waals surface area (Å²) in [7, 11) is 0. The van der Waals surface area contributed by atoms with E-state index < -0.39 is 6.67 Å². The van der Waals surface area contributed by atoms with E-state index in [2.05, 4.69) is 6.92 Å². The molecule has 248 valence electrons. The second-order valence-electron chi connectivity index (χ2n) is 8.84. The maximum atomic E-state index is 11.8. The van der Waals surface area contributed by atoms with Crippen LogP contribution in [0.5, 0.6) is 0 Å². The van der Waals surface area contributed by atoms with Gasteiger partial charge in [0.15, 0.2) is 0 Å².